The fourth-order valence-corrected chi connectivity index (χ4v) is 3.24. The Morgan fingerprint density at radius 1 is 1.04 bits per heavy atom. The van der Waals surface area contributed by atoms with Crippen LogP contribution in [0.2, 0.25) is 0 Å². The van der Waals surface area contributed by atoms with E-state index in [1.807, 2.05) is 54.4 Å². The zero-order valence-corrected chi connectivity index (χ0v) is 15.5. The average Bonchev–Trinajstić information content (AvgIpc) is 2.93. The molecule has 5 heteroatoms. The molecule has 2 aromatic carbocycles. The summed E-state index contributed by atoms with van der Waals surface area (Å²) in [5, 5.41) is 0. The summed E-state index contributed by atoms with van der Waals surface area (Å²) in [7, 11) is 3.37. The van der Waals surface area contributed by atoms with Crippen molar-refractivity contribution in [2.24, 2.45) is 0 Å². The number of nitrogens with zero attached hydrogens (tertiary/aromatic N) is 2. The Morgan fingerprint density at radius 2 is 1.70 bits per heavy atom. The molecule has 0 unspecified atom stereocenters. The molecule has 1 aliphatic heterocycles. The van der Waals surface area contributed by atoms with Crippen LogP contribution >= 0.6 is 0 Å². The lowest BCUT2D eigenvalue weighted by Crippen LogP contribution is -2.34. The van der Waals surface area contributed by atoms with Crippen LogP contribution in [0.15, 0.2) is 72.9 Å². The van der Waals surface area contributed by atoms with Crippen molar-refractivity contribution in [1.82, 2.24) is 9.80 Å². The molecule has 0 N–H and O–H groups in total. The number of hydrogen-bond donors (Lipinski definition) is 0. The molecule has 2 aromatic rings. The fourth-order valence-electron chi connectivity index (χ4n) is 3.24. The second kappa shape index (κ2) is 7.91. The number of amides is 2. The summed E-state index contributed by atoms with van der Waals surface area (Å²) in [5.74, 6) is -0.0988. The van der Waals surface area contributed by atoms with E-state index in [0.29, 0.717) is 29.1 Å². The van der Waals surface area contributed by atoms with Crippen LogP contribution in [0, 0.1) is 0 Å². The van der Waals surface area contributed by atoms with E-state index in [-0.39, 0.29) is 18.4 Å². The lowest BCUT2D eigenvalue weighted by Gasteiger charge is -2.21. The van der Waals surface area contributed by atoms with Crippen molar-refractivity contribution in [3.63, 3.8) is 0 Å². The third-order valence-corrected chi connectivity index (χ3v) is 4.48. The first-order valence-electron chi connectivity index (χ1n) is 8.68. The van der Waals surface area contributed by atoms with Gasteiger partial charge >= 0.3 is 0 Å². The molecule has 0 fully saturated rings. The Hall–Kier alpha value is -3.34. The molecular formula is C22H22N2O3. The lowest BCUT2D eigenvalue weighted by atomic mass is 10.0. The van der Waals surface area contributed by atoms with Crippen LogP contribution in [0.5, 0.6) is 5.75 Å². The van der Waals surface area contributed by atoms with Crippen molar-refractivity contribution < 1.29 is 14.3 Å². The second-order valence-corrected chi connectivity index (χ2v) is 6.28. The van der Waals surface area contributed by atoms with Gasteiger partial charge < -0.3 is 9.64 Å². The van der Waals surface area contributed by atoms with Gasteiger partial charge in [-0.3, -0.25) is 14.5 Å². The zero-order chi connectivity index (χ0) is 19.4. The molecule has 5 nitrogen and oxygen atoms in total. The summed E-state index contributed by atoms with van der Waals surface area (Å²) >= 11 is 0. The highest BCUT2D eigenvalue weighted by Gasteiger charge is 2.41. The minimum atomic E-state index is -0.334. The molecule has 3 rings (SSSR count). The van der Waals surface area contributed by atoms with E-state index in [2.05, 4.69) is 6.58 Å². The van der Waals surface area contributed by atoms with Crippen molar-refractivity contribution >= 4 is 17.4 Å². The van der Waals surface area contributed by atoms with Crippen molar-refractivity contribution in [2.45, 2.75) is 6.54 Å². The molecule has 0 spiro atoms. The van der Waals surface area contributed by atoms with Crippen molar-refractivity contribution in [3.8, 4) is 5.75 Å². The first kappa shape index (κ1) is 18.5. The highest BCUT2D eigenvalue weighted by Crippen LogP contribution is 2.36. The molecule has 0 saturated heterocycles. The number of carbonyl (C=O) groups is 2. The number of imide groups is 1. The molecule has 0 atom stereocenters. The number of methoxy groups -OCH3 is 1. The molecule has 0 aliphatic carbocycles. The van der Waals surface area contributed by atoms with Gasteiger partial charge in [0.05, 0.1) is 12.7 Å². The average molecular weight is 362 g/mol. The maximum atomic E-state index is 13.1. The van der Waals surface area contributed by atoms with E-state index in [4.69, 9.17) is 4.74 Å². The van der Waals surface area contributed by atoms with Crippen molar-refractivity contribution in [3.05, 3.63) is 84.1 Å². The maximum absolute atomic E-state index is 13.1. The number of para-hydroxylation sites is 1. The van der Waals surface area contributed by atoms with Gasteiger partial charge in [0.2, 0.25) is 0 Å². The molecule has 0 aromatic heterocycles. The van der Waals surface area contributed by atoms with E-state index in [9.17, 15) is 9.59 Å². The maximum Gasteiger partial charge on any atom is 0.278 e. The van der Waals surface area contributed by atoms with Crippen molar-refractivity contribution in [1.29, 1.82) is 0 Å². The smallest absolute Gasteiger partial charge is 0.278 e. The number of hydrogen-bond acceptors (Lipinski definition) is 4. The highest BCUT2D eigenvalue weighted by molar-refractivity contribution is 6.36. The number of carbonyl (C=O) groups excluding carboxylic acids is 2. The molecule has 1 aliphatic rings. The van der Waals surface area contributed by atoms with Crippen LogP contribution in [-0.4, -0.2) is 42.3 Å². The Bertz CT molecular complexity index is 903. The van der Waals surface area contributed by atoms with Gasteiger partial charge in [0.1, 0.15) is 11.4 Å². The topological polar surface area (TPSA) is 49.9 Å². The first-order chi connectivity index (χ1) is 13.1. The normalized spacial score (nSPS) is 13.9. The Kier molecular flexibility index (Phi) is 5.41. The molecule has 2 amide bonds. The van der Waals surface area contributed by atoms with Crippen LogP contribution in [-0.2, 0) is 16.1 Å². The minimum absolute atomic E-state index is 0.166. The van der Waals surface area contributed by atoms with Gasteiger partial charge in [0.15, 0.2) is 0 Å². The minimum Gasteiger partial charge on any atom is -0.496 e. The SMILES string of the molecule is C=CCN1C(=O)C(c2ccccc2OC)=C(N(C)Cc2ccccc2)C1=O. The van der Waals surface area contributed by atoms with Crippen molar-refractivity contribution in [2.75, 3.05) is 20.7 Å². The largest absolute Gasteiger partial charge is 0.496 e. The molecule has 1 heterocycles. The standard InChI is InChI=1S/C22H22N2O3/c1-4-14-24-21(25)19(17-12-8-9-13-18(17)27-3)20(22(24)26)23(2)15-16-10-6-5-7-11-16/h4-13H,1,14-15H2,2-3H3. The van der Waals surface area contributed by atoms with Crippen LogP contribution in [0.3, 0.4) is 0 Å². The Labute approximate surface area is 159 Å². The third-order valence-electron chi connectivity index (χ3n) is 4.48. The van der Waals surface area contributed by atoms with Gasteiger partial charge in [0.25, 0.3) is 11.8 Å². The number of likely N-dealkylation sites (N-methyl/N-ethyl adjacent to an activating group) is 1. The highest BCUT2D eigenvalue weighted by atomic mass is 16.5. The van der Waals surface area contributed by atoms with Crippen LogP contribution in [0.1, 0.15) is 11.1 Å². The predicted octanol–water partition coefficient (Wildman–Crippen LogP) is 3.09. The molecule has 0 saturated carbocycles. The molecular weight excluding hydrogens is 340 g/mol. The van der Waals surface area contributed by atoms with Gasteiger partial charge in [-0.1, -0.05) is 54.6 Å². The van der Waals surface area contributed by atoms with Crippen LogP contribution in [0.25, 0.3) is 5.57 Å². The van der Waals surface area contributed by atoms with E-state index in [1.54, 1.807) is 25.3 Å². The third kappa shape index (κ3) is 3.49. The second-order valence-electron chi connectivity index (χ2n) is 6.28. The van der Waals surface area contributed by atoms with Crippen LogP contribution < -0.4 is 4.74 Å². The number of ether oxygens (including phenoxy) is 1. The number of benzene rings is 2. The summed E-state index contributed by atoms with van der Waals surface area (Å²) in [6, 6.07) is 17.1. The summed E-state index contributed by atoms with van der Waals surface area (Å²) < 4.78 is 5.43. The first-order valence-corrected chi connectivity index (χ1v) is 8.68. The van der Waals surface area contributed by atoms with Gasteiger partial charge in [-0.2, -0.15) is 0 Å². The van der Waals surface area contributed by atoms with Gasteiger partial charge in [0, 0.05) is 25.7 Å². The quantitative estimate of drug-likeness (QED) is 0.561. The zero-order valence-electron chi connectivity index (χ0n) is 15.5. The number of rotatable bonds is 7. The summed E-state index contributed by atoms with van der Waals surface area (Å²) in [6.45, 7) is 4.33. The van der Waals surface area contributed by atoms with E-state index in [1.165, 1.54) is 4.90 Å². The van der Waals surface area contributed by atoms with E-state index >= 15 is 0 Å². The van der Waals surface area contributed by atoms with Gasteiger partial charge in [-0.25, -0.2) is 0 Å². The molecule has 0 radical (unpaired) electrons. The Balaban J connectivity index is 2.10. The van der Waals surface area contributed by atoms with Gasteiger partial charge in [-0.15, -0.1) is 6.58 Å². The summed E-state index contributed by atoms with van der Waals surface area (Å²) in [6.07, 6.45) is 1.55. The van der Waals surface area contributed by atoms with Crippen LogP contribution in [0.4, 0.5) is 0 Å². The fraction of sp³-hybridized carbons (Fsp3) is 0.182. The Morgan fingerprint density at radius 3 is 2.37 bits per heavy atom. The molecule has 27 heavy (non-hydrogen) atoms. The monoisotopic (exact) mass is 362 g/mol. The lowest BCUT2D eigenvalue weighted by molar-refractivity contribution is -0.136. The summed E-state index contributed by atoms with van der Waals surface area (Å²) in [5.41, 5.74) is 2.39. The van der Waals surface area contributed by atoms with Gasteiger partial charge in [-0.05, 0) is 11.6 Å². The van der Waals surface area contributed by atoms with E-state index < -0.39 is 0 Å². The molecule has 138 valence electrons. The predicted molar refractivity (Wildman–Crippen MR) is 105 cm³/mol. The molecule has 0 bridgehead atoms. The van der Waals surface area contributed by atoms with E-state index in [0.717, 1.165) is 5.56 Å². The summed E-state index contributed by atoms with van der Waals surface area (Å²) in [4.78, 5) is 29.1.